The van der Waals surface area contributed by atoms with E-state index in [2.05, 4.69) is 17.4 Å². The van der Waals surface area contributed by atoms with Crippen LogP contribution in [0.2, 0.25) is 0 Å². The van der Waals surface area contributed by atoms with Crippen LogP contribution in [-0.2, 0) is 24.1 Å². The van der Waals surface area contributed by atoms with Gasteiger partial charge in [-0.2, -0.15) is 5.10 Å². The molecule has 1 saturated heterocycles. The second kappa shape index (κ2) is 7.11. The molecule has 1 aromatic carbocycles. The molecule has 1 aromatic heterocycles. The molecular formula is C20H26N4O2. The second-order valence-electron chi connectivity index (χ2n) is 7.29. The van der Waals surface area contributed by atoms with Gasteiger partial charge in [0, 0.05) is 18.8 Å². The fraction of sp³-hybridized carbons (Fsp3) is 0.500. The molecule has 2 heterocycles. The largest absolute Gasteiger partial charge is 0.372 e. The molecular weight excluding hydrogens is 328 g/mol. The number of hydrogen-bond donors (Lipinski definition) is 1. The van der Waals surface area contributed by atoms with Crippen molar-refractivity contribution in [1.29, 1.82) is 0 Å². The van der Waals surface area contributed by atoms with Crippen molar-refractivity contribution in [3.63, 3.8) is 0 Å². The molecule has 26 heavy (non-hydrogen) atoms. The third-order valence-corrected chi connectivity index (χ3v) is 5.13. The minimum Gasteiger partial charge on any atom is -0.372 e. The Bertz CT molecular complexity index is 777. The van der Waals surface area contributed by atoms with E-state index >= 15 is 0 Å². The molecule has 0 bridgehead atoms. The smallest absolute Gasteiger partial charge is 0.317 e. The summed E-state index contributed by atoms with van der Waals surface area (Å²) in [7, 11) is 0. The van der Waals surface area contributed by atoms with E-state index in [0.29, 0.717) is 19.6 Å². The molecule has 2 aliphatic rings. The second-order valence-corrected chi connectivity index (χ2v) is 7.29. The number of fused-ring (bicyclic) bond motifs is 1. The first-order valence-corrected chi connectivity index (χ1v) is 9.45. The summed E-state index contributed by atoms with van der Waals surface area (Å²) >= 11 is 0. The third-order valence-electron chi connectivity index (χ3n) is 5.13. The van der Waals surface area contributed by atoms with Gasteiger partial charge in [0.2, 0.25) is 0 Å². The van der Waals surface area contributed by atoms with E-state index < -0.39 is 0 Å². The van der Waals surface area contributed by atoms with Gasteiger partial charge < -0.3 is 15.0 Å². The number of benzene rings is 1. The van der Waals surface area contributed by atoms with Gasteiger partial charge in [-0.05, 0) is 50.8 Å². The van der Waals surface area contributed by atoms with Crippen LogP contribution in [0.25, 0.3) is 5.69 Å². The van der Waals surface area contributed by atoms with Crippen molar-refractivity contribution in [2.45, 2.75) is 51.9 Å². The van der Waals surface area contributed by atoms with E-state index in [0.717, 1.165) is 30.6 Å². The van der Waals surface area contributed by atoms with Gasteiger partial charge in [-0.1, -0.05) is 18.2 Å². The van der Waals surface area contributed by atoms with Crippen LogP contribution in [0.4, 0.5) is 4.79 Å². The monoisotopic (exact) mass is 354 g/mol. The van der Waals surface area contributed by atoms with Crippen LogP contribution in [0, 0.1) is 0 Å². The highest BCUT2D eigenvalue weighted by molar-refractivity contribution is 5.74. The molecule has 2 aromatic rings. The zero-order chi connectivity index (χ0) is 18.1. The molecule has 6 heteroatoms. The number of para-hydroxylation sites is 1. The van der Waals surface area contributed by atoms with Crippen molar-refractivity contribution < 1.29 is 9.53 Å². The molecule has 0 saturated carbocycles. The summed E-state index contributed by atoms with van der Waals surface area (Å²) in [6.07, 6.45) is 3.39. The predicted molar refractivity (Wildman–Crippen MR) is 99.4 cm³/mol. The summed E-state index contributed by atoms with van der Waals surface area (Å²) in [5.74, 6) is 0. The highest BCUT2D eigenvalue weighted by Crippen LogP contribution is 2.27. The molecule has 1 aliphatic carbocycles. The van der Waals surface area contributed by atoms with Crippen LogP contribution in [0.5, 0.6) is 0 Å². The van der Waals surface area contributed by atoms with E-state index in [1.807, 2.05) is 41.6 Å². The number of ether oxygens (including phenoxy) is 1. The molecule has 4 rings (SSSR count). The molecule has 1 aliphatic heterocycles. The Hall–Kier alpha value is -2.34. The zero-order valence-corrected chi connectivity index (χ0v) is 15.4. The molecule has 1 fully saturated rings. The average Bonchev–Trinajstić information content (AvgIpc) is 3.22. The molecule has 1 N–H and O–H groups in total. The Kier molecular flexibility index (Phi) is 4.68. The number of hydrogen-bond acceptors (Lipinski definition) is 3. The van der Waals surface area contributed by atoms with Crippen LogP contribution in [0.1, 0.15) is 37.2 Å². The van der Waals surface area contributed by atoms with Gasteiger partial charge in [-0.25, -0.2) is 9.48 Å². The van der Waals surface area contributed by atoms with Crippen LogP contribution in [0.15, 0.2) is 30.3 Å². The van der Waals surface area contributed by atoms with Crippen LogP contribution >= 0.6 is 0 Å². The number of nitrogens with one attached hydrogen (secondary N) is 1. The van der Waals surface area contributed by atoms with E-state index in [1.165, 1.54) is 11.3 Å². The van der Waals surface area contributed by atoms with E-state index in [4.69, 9.17) is 9.84 Å². The summed E-state index contributed by atoms with van der Waals surface area (Å²) in [6, 6.07) is 10.2. The van der Waals surface area contributed by atoms with Crippen molar-refractivity contribution in [1.82, 2.24) is 20.0 Å². The summed E-state index contributed by atoms with van der Waals surface area (Å²) in [5.41, 5.74) is 4.66. The molecule has 2 atom stereocenters. The van der Waals surface area contributed by atoms with Gasteiger partial charge in [-0.15, -0.1) is 0 Å². The molecule has 0 spiro atoms. The summed E-state index contributed by atoms with van der Waals surface area (Å²) in [6.45, 7) is 5.75. The van der Waals surface area contributed by atoms with Crippen molar-refractivity contribution in [3.8, 4) is 5.69 Å². The fourth-order valence-electron chi connectivity index (χ4n) is 4.05. The van der Waals surface area contributed by atoms with Gasteiger partial charge in [0.25, 0.3) is 0 Å². The van der Waals surface area contributed by atoms with Crippen molar-refractivity contribution in [2.24, 2.45) is 0 Å². The Morgan fingerprint density at radius 1 is 1.19 bits per heavy atom. The average molecular weight is 354 g/mol. The number of urea groups is 1. The third kappa shape index (κ3) is 3.33. The molecule has 6 nitrogen and oxygen atoms in total. The predicted octanol–water partition coefficient (Wildman–Crippen LogP) is 2.68. The minimum absolute atomic E-state index is 0.0343. The van der Waals surface area contributed by atoms with Gasteiger partial charge in [-0.3, -0.25) is 0 Å². The maximum absolute atomic E-state index is 12.6. The Morgan fingerprint density at radius 2 is 1.92 bits per heavy atom. The first kappa shape index (κ1) is 17.1. The number of aromatic nitrogens is 2. The first-order chi connectivity index (χ1) is 12.6. The van der Waals surface area contributed by atoms with Crippen molar-refractivity contribution >= 4 is 6.03 Å². The highest BCUT2D eigenvalue weighted by Gasteiger charge is 2.27. The van der Waals surface area contributed by atoms with Crippen LogP contribution in [-0.4, -0.2) is 46.0 Å². The fourth-order valence-corrected chi connectivity index (χ4v) is 4.05. The number of carbonyl (C=O) groups excluding carboxylic acids is 1. The summed E-state index contributed by atoms with van der Waals surface area (Å²) in [5, 5.41) is 7.87. The lowest BCUT2D eigenvalue weighted by atomic mass is 10.2. The van der Waals surface area contributed by atoms with Crippen molar-refractivity contribution in [2.75, 3.05) is 13.1 Å². The van der Waals surface area contributed by atoms with E-state index in [1.54, 1.807) is 0 Å². The molecule has 2 amide bonds. The zero-order valence-electron chi connectivity index (χ0n) is 15.4. The normalized spacial score (nSPS) is 22.3. The quantitative estimate of drug-likeness (QED) is 0.922. The SMILES string of the molecule is CC1CN(C(=O)NCc2nn(-c3ccccc3)c3c2CCC3)CC(C)O1. The standard InChI is InChI=1S/C20H26N4O2/c1-14-12-23(13-15(2)26-14)20(25)21-11-18-17-9-6-10-19(17)24(22-18)16-7-4-3-5-8-16/h3-5,7-8,14-15H,6,9-13H2,1-2H3,(H,21,25). The maximum Gasteiger partial charge on any atom is 0.317 e. The Labute approximate surface area is 154 Å². The van der Waals surface area contributed by atoms with Crippen LogP contribution < -0.4 is 5.32 Å². The lowest BCUT2D eigenvalue weighted by molar-refractivity contribution is -0.0545. The minimum atomic E-state index is -0.0343. The summed E-state index contributed by atoms with van der Waals surface area (Å²) in [4.78, 5) is 14.4. The van der Waals surface area contributed by atoms with Gasteiger partial charge in [0.15, 0.2) is 0 Å². The van der Waals surface area contributed by atoms with E-state index in [9.17, 15) is 4.79 Å². The Morgan fingerprint density at radius 3 is 2.65 bits per heavy atom. The number of morpholine rings is 1. The lowest BCUT2D eigenvalue weighted by Crippen LogP contribution is -2.51. The lowest BCUT2D eigenvalue weighted by Gasteiger charge is -2.35. The molecule has 138 valence electrons. The molecule has 0 radical (unpaired) electrons. The number of carbonyl (C=O) groups is 1. The topological polar surface area (TPSA) is 59.4 Å². The number of amides is 2. The molecule has 2 unspecified atom stereocenters. The number of nitrogens with zero attached hydrogens (tertiary/aromatic N) is 3. The Balaban J connectivity index is 1.48. The summed E-state index contributed by atoms with van der Waals surface area (Å²) < 4.78 is 7.75. The van der Waals surface area contributed by atoms with Crippen molar-refractivity contribution in [3.05, 3.63) is 47.3 Å². The maximum atomic E-state index is 12.6. The van der Waals surface area contributed by atoms with Crippen LogP contribution in [0.3, 0.4) is 0 Å². The van der Waals surface area contributed by atoms with E-state index in [-0.39, 0.29) is 18.2 Å². The highest BCUT2D eigenvalue weighted by atomic mass is 16.5. The first-order valence-electron chi connectivity index (χ1n) is 9.45. The van der Waals surface area contributed by atoms with Gasteiger partial charge in [0.1, 0.15) is 0 Å². The van der Waals surface area contributed by atoms with Gasteiger partial charge in [0.05, 0.1) is 30.1 Å². The number of rotatable bonds is 3. The van der Waals surface area contributed by atoms with Gasteiger partial charge >= 0.3 is 6.03 Å².